The van der Waals surface area contributed by atoms with E-state index in [1.54, 1.807) is 35.8 Å². The third kappa shape index (κ3) is 5.36. The van der Waals surface area contributed by atoms with Crippen LogP contribution in [0.5, 0.6) is 11.5 Å². The lowest BCUT2D eigenvalue weighted by atomic mass is 10.1. The van der Waals surface area contributed by atoms with E-state index in [4.69, 9.17) is 14.2 Å². The highest BCUT2D eigenvalue weighted by Gasteiger charge is 2.18. The van der Waals surface area contributed by atoms with Crippen molar-refractivity contribution in [1.82, 2.24) is 4.98 Å². The lowest BCUT2D eigenvalue weighted by Crippen LogP contribution is -2.15. The average molecular weight is 430 g/mol. The van der Waals surface area contributed by atoms with Gasteiger partial charge in [-0.3, -0.25) is 4.79 Å². The molecule has 0 unspecified atom stereocenters. The van der Waals surface area contributed by atoms with Gasteiger partial charge in [-0.2, -0.15) is 0 Å². The average Bonchev–Trinajstić information content (AvgIpc) is 3.29. The molecule has 0 saturated carbocycles. The maximum Gasteiger partial charge on any atom is 0.339 e. The zero-order valence-corrected chi connectivity index (χ0v) is 17.5. The molecule has 0 saturated heterocycles. The molecule has 0 fully saturated rings. The molecule has 0 radical (unpaired) electrons. The monoisotopic (exact) mass is 429 g/mol. The van der Waals surface area contributed by atoms with Gasteiger partial charge in [0.2, 0.25) is 5.78 Å². The second-order valence-electron chi connectivity index (χ2n) is 5.83. The van der Waals surface area contributed by atoms with E-state index in [1.807, 2.05) is 17.5 Å². The standard InChI is InChI=1S/C21H19NO5S2/c1-25-15-7-8-16(19(9-15)26-2)18(23)10-27-21(24)17-5-3-4-6-20(17)29-12-14-11-28-13-22-14/h3-9,11,13H,10,12H2,1-2H3. The Kier molecular flexibility index (Phi) is 7.26. The number of benzene rings is 2. The van der Waals surface area contributed by atoms with E-state index in [0.29, 0.717) is 28.4 Å². The number of hydrogen-bond acceptors (Lipinski definition) is 8. The zero-order valence-electron chi connectivity index (χ0n) is 15.9. The number of methoxy groups -OCH3 is 2. The van der Waals surface area contributed by atoms with Crippen molar-refractivity contribution in [2.24, 2.45) is 0 Å². The first kappa shape index (κ1) is 20.9. The molecule has 0 aliphatic rings. The Morgan fingerprint density at radius 1 is 1.07 bits per heavy atom. The number of nitrogens with zero attached hydrogens (tertiary/aromatic N) is 1. The molecule has 0 spiro atoms. The molecular formula is C21H19NO5S2. The van der Waals surface area contributed by atoms with Gasteiger partial charge in [0, 0.05) is 22.1 Å². The highest BCUT2D eigenvalue weighted by Crippen LogP contribution is 2.28. The van der Waals surface area contributed by atoms with Crippen LogP contribution in [-0.2, 0) is 10.5 Å². The van der Waals surface area contributed by atoms with Crippen molar-refractivity contribution in [2.45, 2.75) is 10.6 Å². The summed E-state index contributed by atoms with van der Waals surface area (Å²) >= 11 is 3.03. The third-order valence-corrected chi connectivity index (χ3v) is 5.75. The normalized spacial score (nSPS) is 10.4. The first-order valence-electron chi connectivity index (χ1n) is 8.63. The molecule has 0 aliphatic carbocycles. The van der Waals surface area contributed by atoms with Crippen LogP contribution < -0.4 is 9.47 Å². The van der Waals surface area contributed by atoms with Crippen LogP contribution in [0.15, 0.2) is 58.3 Å². The summed E-state index contributed by atoms with van der Waals surface area (Å²) in [4.78, 5) is 30.1. The van der Waals surface area contributed by atoms with Gasteiger partial charge in [0.1, 0.15) is 11.5 Å². The van der Waals surface area contributed by atoms with E-state index >= 15 is 0 Å². The highest BCUT2D eigenvalue weighted by molar-refractivity contribution is 7.98. The van der Waals surface area contributed by atoms with Gasteiger partial charge in [-0.15, -0.1) is 23.1 Å². The predicted molar refractivity (Wildman–Crippen MR) is 112 cm³/mol. The quantitative estimate of drug-likeness (QED) is 0.282. The molecule has 1 aromatic heterocycles. The molecule has 3 aromatic rings. The van der Waals surface area contributed by atoms with Crippen molar-refractivity contribution < 1.29 is 23.8 Å². The summed E-state index contributed by atoms with van der Waals surface area (Å²) in [5, 5.41) is 1.97. The zero-order chi connectivity index (χ0) is 20.6. The Bertz CT molecular complexity index is 988. The van der Waals surface area contributed by atoms with Crippen LogP contribution in [0, 0.1) is 0 Å². The van der Waals surface area contributed by atoms with Crippen LogP contribution >= 0.6 is 23.1 Å². The van der Waals surface area contributed by atoms with Crippen molar-refractivity contribution in [3.8, 4) is 11.5 Å². The molecule has 6 nitrogen and oxygen atoms in total. The number of aromatic nitrogens is 1. The molecular weight excluding hydrogens is 410 g/mol. The van der Waals surface area contributed by atoms with Gasteiger partial charge in [0.05, 0.1) is 36.6 Å². The van der Waals surface area contributed by atoms with E-state index in [1.165, 1.54) is 37.3 Å². The summed E-state index contributed by atoms with van der Waals surface area (Å²) < 4.78 is 15.6. The van der Waals surface area contributed by atoms with Gasteiger partial charge >= 0.3 is 5.97 Å². The molecule has 8 heteroatoms. The van der Waals surface area contributed by atoms with Gasteiger partial charge < -0.3 is 14.2 Å². The van der Waals surface area contributed by atoms with Gasteiger partial charge in [-0.25, -0.2) is 9.78 Å². The van der Waals surface area contributed by atoms with Crippen molar-refractivity contribution in [3.05, 3.63) is 70.2 Å². The lowest BCUT2D eigenvalue weighted by molar-refractivity contribution is 0.0470. The molecule has 2 aromatic carbocycles. The summed E-state index contributed by atoms with van der Waals surface area (Å²) in [5.74, 6) is 0.680. The number of hydrogen-bond donors (Lipinski definition) is 0. The van der Waals surface area contributed by atoms with Crippen molar-refractivity contribution in [3.63, 3.8) is 0 Å². The van der Waals surface area contributed by atoms with Crippen molar-refractivity contribution in [1.29, 1.82) is 0 Å². The fourth-order valence-electron chi connectivity index (χ4n) is 2.54. The Hall–Kier alpha value is -2.84. The minimum absolute atomic E-state index is 0.326. The summed E-state index contributed by atoms with van der Waals surface area (Å²) in [6.07, 6.45) is 0. The molecule has 0 amide bonds. The number of thioether (sulfide) groups is 1. The van der Waals surface area contributed by atoms with Crippen molar-refractivity contribution >= 4 is 34.9 Å². The van der Waals surface area contributed by atoms with Gasteiger partial charge in [0.25, 0.3) is 0 Å². The lowest BCUT2D eigenvalue weighted by Gasteiger charge is -2.11. The number of Topliss-reactive ketones (excluding diaryl/α,β-unsaturated/α-hetero) is 1. The van der Waals surface area contributed by atoms with Crippen LogP contribution in [0.4, 0.5) is 0 Å². The first-order chi connectivity index (χ1) is 14.1. The molecule has 3 rings (SSSR count). The fourth-order valence-corrected chi connectivity index (χ4v) is 4.14. The smallest absolute Gasteiger partial charge is 0.339 e. The maximum absolute atomic E-state index is 12.6. The van der Waals surface area contributed by atoms with Gasteiger partial charge in [0.15, 0.2) is 6.61 Å². The molecule has 1 heterocycles. The number of esters is 1. The van der Waals surface area contributed by atoms with E-state index in [0.717, 1.165) is 10.6 Å². The predicted octanol–water partition coefficient (Wildman–Crippen LogP) is 4.49. The minimum atomic E-state index is -0.549. The molecule has 0 bridgehead atoms. The van der Waals surface area contributed by atoms with Crippen LogP contribution in [0.25, 0.3) is 0 Å². The van der Waals surface area contributed by atoms with Crippen LogP contribution in [-0.4, -0.2) is 37.6 Å². The number of carbonyl (C=O) groups excluding carboxylic acids is 2. The first-order valence-corrected chi connectivity index (χ1v) is 10.6. The number of carbonyl (C=O) groups is 2. The van der Waals surface area contributed by atoms with E-state index in [-0.39, 0.29) is 12.4 Å². The Morgan fingerprint density at radius 3 is 2.62 bits per heavy atom. The number of ketones is 1. The molecule has 0 atom stereocenters. The molecule has 0 aliphatic heterocycles. The Balaban J connectivity index is 1.66. The largest absolute Gasteiger partial charge is 0.497 e. The number of ether oxygens (including phenoxy) is 3. The second-order valence-corrected chi connectivity index (χ2v) is 7.57. The van der Waals surface area contributed by atoms with Crippen LogP contribution in [0.1, 0.15) is 26.4 Å². The van der Waals surface area contributed by atoms with Crippen LogP contribution in [0.2, 0.25) is 0 Å². The van der Waals surface area contributed by atoms with Crippen LogP contribution in [0.3, 0.4) is 0 Å². The summed E-state index contributed by atoms with van der Waals surface area (Å²) in [6, 6.07) is 12.0. The number of thiazole rings is 1. The Morgan fingerprint density at radius 2 is 1.90 bits per heavy atom. The summed E-state index contributed by atoms with van der Waals surface area (Å²) in [6.45, 7) is -0.382. The van der Waals surface area contributed by atoms with Gasteiger partial charge in [-0.05, 0) is 24.3 Å². The molecule has 0 N–H and O–H groups in total. The third-order valence-electron chi connectivity index (χ3n) is 4.01. The summed E-state index contributed by atoms with van der Waals surface area (Å²) in [5.41, 5.74) is 3.47. The molecule has 29 heavy (non-hydrogen) atoms. The van der Waals surface area contributed by atoms with E-state index < -0.39 is 5.97 Å². The maximum atomic E-state index is 12.6. The fraction of sp³-hybridized carbons (Fsp3) is 0.190. The SMILES string of the molecule is COc1ccc(C(=O)COC(=O)c2ccccc2SCc2cscn2)c(OC)c1. The minimum Gasteiger partial charge on any atom is -0.497 e. The Labute approximate surface area is 176 Å². The second kappa shape index (κ2) is 10.1. The number of rotatable bonds is 9. The van der Waals surface area contributed by atoms with Gasteiger partial charge in [-0.1, -0.05) is 12.1 Å². The van der Waals surface area contributed by atoms with E-state index in [9.17, 15) is 9.59 Å². The topological polar surface area (TPSA) is 74.7 Å². The summed E-state index contributed by atoms with van der Waals surface area (Å²) in [7, 11) is 3.00. The van der Waals surface area contributed by atoms with Crippen molar-refractivity contribution in [2.75, 3.05) is 20.8 Å². The molecule has 150 valence electrons. The highest BCUT2D eigenvalue weighted by atomic mass is 32.2. The van der Waals surface area contributed by atoms with E-state index in [2.05, 4.69) is 4.98 Å².